The van der Waals surface area contributed by atoms with Crippen molar-refractivity contribution in [2.45, 2.75) is 19.3 Å². The Morgan fingerprint density at radius 1 is 1.19 bits per heavy atom. The second-order valence-corrected chi connectivity index (χ2v) is 5.31. The van der Waals surface area contributed by atoms with Crippen LogP contribution in [0.1, 0.15) is 22.6 Å². The predicted octanol–water partition coefficient (Wildman–Crippen LogP) is 3.69. The van der Waals surface area contributed by atoms with E-state index < -0.39 is 0 Å². The highest BCUT2D eigenvalue weighted by atomic mass is 19.1. The van der Waals surface area contributed by atoms with E-state index in [4.69, 9.17) is 4.74 Å². The van der Waals surface area contributed by atoms with Gasteiger partial charge in [-0.3, -0.25) is 0 Å². The molecule has 2 aromatic rings. The van der Waals surface area contributed by atoms with Gasteiger partial charge in [0.15, 0.2) is 11.6 Å². The van der Waals surface area contributed by atoms with Crippen molar-refractivity contribution in [2.24, 2.45) is 0 Å². The second kappa shape index (κ2) is 7.23. The number of aryl methyl sites for hydroxylation is 1. The minimum Gasteiger partial charge on any atom is -0.494 e. The Bertz CT molecular complexity index is 598. The van der Waals surface area contributed by atoms with Crippen molar-refractivity contribution in [3.8, 4) is 5.75 Å². The Hall–Kier alpha value is -1.87. The van der Waals surface area contributed by atoms with Gasteiger partial charge in [-0.2, -0.15) is 0 Å². The maximum Gasteiger partial charge on any atom is 0.168 e. The number of likely N-dealkylation sites (N-methyl/N-ethyl adjacent to an activating group) is 1. The molecule has 0 heterocycles. The number of hydrogen-bond donors (Lipinski definition) is 1. The standard InChI is InChI=1S/C18H22FNO/c1-13-6-4-7-14(10-13)16(12-20-2)11-15-8-5-9-17(21-3)18(15)19/h4-10,16,20H,11-12H2,1-3H3. The highest BCUT2D eigenvalue weighted by Gasteiger charge is 2.16. The van der Waals surface area contributed by atoms with Crippen LogP contribution in [-0.2, 0) is 6.42 Å². The Labute approximate surface area is 126 Å². The van der Waals surface area contributed by atoms with Crippen LogP contribution in [0, 0.1) is 12.7 Å². The molecule has 0 aromatic heterocycles. The van der Waals surface area contributed by atoms with E-state index in [2.05, 4.69) is 36.5 Å². The van der Waals surface area contributed by atoms with Crippen LogP contribution in [0.4, 0.5) is 4.39 Å². The molecule has 21 heavy (non-hydrogen) atoms. The van der Waals surface area contributed by atoms with E-state index in [0.29, 0.717) is 17.7 Å². The molecular weight excluding hydrogens is 265 g/mol. The minimum atomic E-state index is -0.256. The molecule has 2 aromatic carbocycles. The van der Waals surface area contributed by atoms with Gasteiger partial charge in [0, 0.05) is 12.5 Å². The van der Waals surface area contributed by atoms with Crippen molar-refractivity contribution in [2.75, 3.05) is 20.7 Å². The monoisotopic (exact) mass is 287 g/mol. The van der Waals surface area contributed by atoms with Gasteiger partial charge in [-0.15, -0.1) is 0 Å². The molecule has 0 amide bonds. The number of methoxy groups -OCH3 is 1. The summed E-state index contributed by atoms with van der Waals surface area (Å²) in [7, 11) is 3.42. The molecule has 1 atom stereocenters. The summed E-state index contributed by atoms with van der Waals surface area (Å²) in [5, 5.41) is 3.20. The number of hydrogen-bond acceptors (Lipinski definition) is 2. The molecule has 1 N–H and O–H groups in total. The summed E-state index contributed by atoms with van der Waals surface area (Å²) in [5.74, 6) is 0.283. The Morgan fingerprint density at radius 3 is 2.62 bits per heavy atom. The van der Waals surface area contributed by atoms with Crippen LogP contribution in [0.2, 0.25) is 0 Å². The smallest absolute Gasteiger partial charge is 0.168 e. The van der Waals surface area contributed by atoms with Gasteiger partial charge < -0.3 is 10.1 Å². The number of halogens is 1. The maximum absolute atomic E-state index is 14.3. The van der Waals surface area contributed by atoms with Gasteiger partial charge in [0.2, 0.25) is 0 Å². The largest absolute Gasteiger partial charge is 0.494 e. The topological polar surface area (TPSA) is 21.3 Å². The second-order valence-electron chi connectivity index (χ2n) is 5.31. The third-order valence-electron chi connectivity index (χ3n) is 3.69. The van der Waals surface area contributed by atoms with Gasteiger partial charge in [-0.1, -0.05) is 42.0 Å². The summed E-state index contributed by atoms with van der Waals surface area (Å²) in [6.45, 7) is 2.88. The summed E-state index contributed by atoms with van der Waals surface area (Å²) >= 11 is 0. The SMILES string of the molecule is CNCC(Cc1cccc(OC)c1F)c1cccc(C)c1. The lowest BCUT2D eigenvalue weighted by molar-refractivity contribution is 0.383. The zero-order valence-electron chi connectivity index (χ0n) is 12.8. The van der Waals surface area contributed by atoms with Crippen LogP contribution >= 0.6 is 0 Å². The molecule has 0 aliphatic rings. The van der Waals surface area contributed by atoms with Crippen LogP contribution in [0.15, 0.2) is 42.5 Å². The predicted molar refractivity (Wildman–Crippen MR) is 84.5 cm³/mol. The molecule has 3 heteroatoms. The Kier molecular flexibility index (Phi) is 5.34. The summed E-state index contributed by atoms with van der Waals surface area (Å²) in [6.07, 6.45) is 0.646. The lowest BCUT2D eigenvalue weighted by Gasteiger charge is -2.18. The van der Waals surface area contributed by atoms with E-state index in [1.54, 1.807) is 6.07 Å². The summed E-state index contributed by atoms with van der Waals surface area (Å²) in [4.78, 5) is 0. The first-order valence-electron chi connectivity index (χ1n) is 7.18. The molecular formula is C18H22FNO. The van der Waals surface area contributed by atoms with E-state index in [9.17, 15) is 4.39 Å². The van der Waals surface area contributed by atoms with Gasteiger partial charge in [0.05, 0.1) is 7.11 Å². The van der Waals surface area contributed by atoms with Crippen LogP contribution in [0.3, 0.4) is 0 Å². The van der Waals surface area contributed by atoms with E-state index >= 15 is 0 Å². The van der Waals surface area contributed by atoms with Crippen molar-refractivity contribution >= 4 is 0 Å². The summed E-state index contributed by atoms with van der Waals surface area (Å²) in [6, 6.07) is 13.7. The van der Waals surface area contributed by atoms with Crippen LogP contribution in [0.25, 0.3) is 0 Å². The molecule has 1 unspecified atom stereocenters. The van der Waals surface area contributed by atoms with Gasteiger partial charge in [0.1, 0.15) is 0 Å². The van der Waals surface area contributed by atoms with Crippen molar-refractivity contribution in [3.63, 3.8) is 0 Å². The zero-order valence-corrected chi connectivity index (χ0v) is 12.8. The fourth-order valence-corrected chi connectivity index (χ4v) is 2.62. The Balaban J connectivity index is 2.28. The van der Waals surface area contributed by atoms with Crippen LogP contribution in [-0.4, -0.2) is 20.7 Å². The maximum atomic E-state index is 14.3. The quantitative estimate of drug-likeness (QED) is 0.875. The van der Waals surface area contributed by atoms with Gasteiger partial charge in [-0.25, -0.2) is 4.39 Å². The molecule has 2 nitrogen and oxygen atoms in total. The van der Waals surface area contributed by atoms with Crippen LogP contribution < -0.4 is 10.1 Å². The molecule has 0 aliphatic heterocycles. The van der Waals surface area contributed by atoms with Crippen molar-refractivity contribution in [1.82, 2.24) is 5.32 Å². The van der Waals surface area contributed by atoms with E-state index in [-0.39, 0.29) is 11.7 Å². The average molecular weight is 287 g/mol. The third kappa shape index (κ3) is 3.82. The highest BCUT2D eigenvalue weighted by molar-refractivity contribution is 5.34. The molecule has 0 saturated carbocycles. The van der Waals surface area contributed by atoms with Crippen LogP contribution in [0.5, 0.6) is 5.75 Å². The van der Waals surface area contributed by atoms with Gasteiger partial charge >= 0.3 is 0 Å². The first-order chi connectivity index (χ1) is 10.2. The number of rotatable bonds is 6. The lowest BCUT2D eigenvalue weighted by atomic mass is 9.90. The van der Waals surface area contributed by atoms with Crippen molar-refractivity contribution < 1.29 is 9.13 Å². The molecule has 112 valence electrons. The fourth-order valence-electron chi connectivity index (χ4n) is 2.62. The normalized spacial score (nSPS) is 12.2. The summed E-state index contributed by atoms with van der Waals surface area (Å²) < 4.78 is 19.4. The van der Waals surface area contributed by atoms with E-state index in [1.807, 2.05) is 19.2 Å². The Morgan fingerprint density at radius 2 is 1.95 bits per heavy atom. The molecule has 0 saturated heterocycles. The fraction of sp³-hybridized carbons (Fsp3) is 0.333. The first-order valence-corrected chi connectivity index (χ1v) is 7.18. The summed E-state index contributed by atoms with van der Waals surface area (Å²) in [5.41, 5.74) is 3.14. The number of ether oxygens (including phenoxy) is 1. The molecule has 2 rings (SSSR count). The first kappa shape index (κ1) is 15.5. The number of benzene rings is 2. The van der Waals surface area contributed by atoms with E-state index in [1.165, 1.54) is 18.2 Å². The number of nitrogens with one attached hydrogen (secondary N) is 1. The molecule has 0 spiro atoms. The van der Waals surface area contributed by atoms with Gasteiger partial charge in [-0.05, 0) is 37.6 Å². The zero-order chi connectivity index (χ0) is 15.2. The van der Waals surface area contributed by atoms with Crippen molar-refractivity contribution in [3.05, 3.63) is 65.0 Å². The molecule has 0 aliphatic carbocycles. The van der Waals surface area contributed by atoms with E-state index in [0.717, 1.165) is 6.54 Å². The van der Waals surface area contributed by atoms with Gasteiger partial charge in [0.25, 0.3) is 0 Å². The molecule has 0 radical (unpaired) electrons. The third-order valence-corrected chi connectivity index (χ3v) is 3.69. The highest BCUT2D eigenvalue weighted by Crippen LogP contribution is 2.26. The minimum absolute atomic E-state index is 0.233. The average Bonchev–Trinajstić information content (AvgIpc) is 2.48. The molecule has 0 fully saturated rings. The van der Waals surface area contributed by atoms with Crippen molar-refractivity contribution in [1.29, 1.82) is 0 Å². The molecule has 0 bridgehead atoms. The lowest BCUT2D eigenvalue weighted by Crippen LogP contribution is -2.19.